The number of benzene rings is 2. The number of aromatic nitrogens is 1. The Morgan fingerprint density at radius 1 is 1.21 bits per heavy atom. The van der Waals surface area contributed by atoms with Gasteiger partial charge in [0.15, 0.2) is 0 Å². The van der Waals surface area contributed by atoms with Gasteiger partial charge in [0, 0.05) is 35.1 Å². The van der Waals surface area contributed by atoms with Crippen LogP contribution in [-0.4, -0.2) is 11.0 Å². The summed E-state index contributed by atoms with van der Waals surface area (Å²) in [6.07, 6.45) is 2.12. The molecule has 0 aliphatic heterocycles. The van der Waals surface area contributed by atoms with E-state index in [0.29, 0.717) is 5.56 Å². The van der Waals surface area contributed by atoms with Crippen LogP contribution in [0.4, 0.5) is 8.78 Å². The topological polar surface area (TPSA) is 55.9 Å². The molecule has 0 aliphatic carbocycles. The predicted molar refractivity (Wildman–Crippen MR) is 85.5 cm³/mol. The van der Waals surface area contributed by atoms with Crippen LogP contribution < -0.4 is 5.11 Å². The van der Waals surface area contributed by atoms with E-state index in [9.17, 15) is 18.7 Å². The number of fused-ring (bicyclic) bond motifs is 1. The average Bonchev–Trinajstić information content (AvgIpc) is 2.96. The maximum atomic E-state index is 14.2. The van der Waals surface area contributed by atoms with Crippen LogP contribution in [0.15, 0.2) is 42.6 Å². The zero-order valence-corrected chi connectivity index (χ0v) is 13.1. The standard InChI is InChI=1S/C19H17F2NO2/c1-2-11-4-3-5-14-16(10-22-19(11)14)15(9-18(23)24)13-7-6-12(20)8-17(13)21/h3-8,10,15,22H,2,9H2,1H3,(H,23,24)/p-1/t15-/m0/s1. The van der Waals surface area contributed by atoms with Gasteiger partial charge in [-0.3, -0.25) is 0 Å². The van der Waals surface area contributed by atoms with E-state index in [1.807, 2.05) is 25.1 Å². The summed E-state index contributed by atoms with van der Waals surface area (Å²) >= 11 is 0. The van der Waals surface area contributed by atoms with E-state index >= 15 is 0 Å². The number of halogens is 2. The Bertz CT molecular complexity index is 902. The molecule has 1 aromatic heterocycles. The Kier molecular flexibility index (Phi) is 4.34. The third kappa shape index (κ3) is 2.89. The zero-order chi connectivity index (χ0) is 17.3. The van der Waals surface area contributed by atoms with E-state index in [2.05, 4.69) is 4.98 Å². The van der Waals surface area contributed by atoms with Crippen LogP contribution in [0, 0.1) is 11.6 Å². The van der Waals surface area contributed by atoms with Crippen LogP contribution in [0.1, 0.15) is 36.0 Å². The maximum absolute atomic E-state index is 14.2. The minimum atomic E-state index is -1.29. The molecule has 0 saturated heterocycles. The van der Waals surface area contributed by atoms with Crippen molar-refractivity contribution in [1.29, 1.82) is 0 Å². The number of aryl methyl sites for hydroxylation is 1. The van der Waals surface area contributed by atoms with Crippen LogP contribution in [0.5, 0.6) is 0 Å². The molecule has 1 atom stereocenters. The number of carbonyl (C=O) groups excluding carboxylic acids is 1. The van der Waals surface area contributed by atoms with Gasteiger partial charge in [-0.2, -0.15) is 0 Å². The molecule has 0 spiro atoms. The Hall–Kier alpha value is -2.69. The number of aromatic amines is 1. The highest BCUT2D eigenvalue weighted by atomic mass is 19.1. The molecule has 0 saturated carbocycles. The van der Waals surface area contributed by atoms with Crippen molar-refractivity contribution < 1.29 is 18.7 Å². The first kappa shape index (κ1) is 16.2. The molecule has 0 aliphatic rings. The Balaban J connectivity index is 2.18. The van der Waals surface area contributed by atoms with E-state index in [4.69, 9.17) is 0 Å². The number of hydrogen-bond donors (Lipinski definition) is 1. The molecule has 3 rings (SSSR count). The van der Waals surface area contributed by atoms with Crippen molar-refractivity contribution in [2.75, 3.05) is 0 Å². The molecule has 0 fully saturated rings. The van der Waals surface area contributed by atoms with E-state index in [-0.39, 0.29) is 12.0 Å². The monoisotopic (exact) mass is 328 g/mol. The summed E-state index contributed by atoms with van der Waals surface area (Å²) in [5, 5.41) is 12.0. The SMILES string of the molecule is CCc1cccc2c([C@@H](CC(=O)[O-])c3ccc(F)cc3F)c[nH]c12. The number of para-hydroxylation sites is 1. The minimum Gasteiger partial charge on any atom is -0.550 e. The second-order valence-corrected chi connectivity index (χ2v) is 5.73. The number of rotatable bonds is 5. The first-order chi connectivity index (χ1) is 11.5. The molecule has 0 amide bonds. The smallest absolute Gasteiger partial charge is 0.129 e. The van der Waals surface area contributed by atoms with Crippen LogP contribution >= 0.6 is 0 Å². The van der Waals surface area contributed by atoms with E-state index in [1.54, 1.807) is 6.20 Å². The number of carboxylic acid groups (broad SMARTS) is 1. The maximum Gasteiger partial charge on any atom is 0.129 e. The van der Waals surface area contributed by atoms with Gasteiger partial charge < -0.3 is 14.9 Å². The highest BCUT2D eigenvalue weighted by Crippen LogP contribution is 2.35. The Labute approximate surface area is 137 Å². The van der Waals surface area contributed by atoms with Crippen molar-refractivity contribution in [3.05, 3.63) is 70.9 Å². The second kappa shape index (κ2) is 6.43. The third-order valence-electron chi connectivity index (χ3n) is 4.30. The molecule has 0 radical (unpaired) electrons. The van der Waals surface area contributed by atoms with E-state index in [1.165, 1.54) is 6.07 Å². The summed E-state index contributed by atoms with van der Waals surface area (Å²) in [5.41, 5.74) is 2.80. The molecule has 0 bridgehead atoms. The van der Waals surface area contributed by atoms with Crippen molar-refractivity contribution in [3.8, 4) is 0 Å². The van der Waals surface area contributed by atoms with Gasteiger partial charge in [0.05, 0.1) is 0 Å². The lowest BCUT2D eigenvalue weighted by molar-refractivity contribution is -0.305. The predicted octanol–water partition coefficient (Wildman–Crippen LogP) is 3.28. The summed E-state index contributed by atoms with van der Waals surface area (Å²) in [6, 6.07) is 8.92. The van der Waals surface area contributed by atoms with Gasteiger partial charge >= 0.3 is 0 Å². The molecule has 3 aromatic rings. The lowest BCUT2D eigenvalue weighted by atomic mass is 9.87. The first-order valence-electron chi connectivity index (χ1n) is 7.75. The van der Waals surface area contributed by atoms with Crippen molar-refractivity contribution >= 4 is 16.9 Å². The molecule has 2 aromatic carbocycles. The first-order valence-corrected chi connectivity index (χ1v) is 7.75. The summed E-state index contributed by atoms with van der Waals surface area (Å²) in [4.78, 5) is 14.3. The number of aliphatic carboxylic acids is 1. The summed E-state index contributed by atoms with van der Waals surface area (Å²) in [7, 11) is 0. The fraction of sp³-hybridized carbons (Fsp3) is 0.211. The van der Waals surface area contributed by atoms with E-state index in [0.717, 1.165) is 35.0 Å². The lowest BCUT2D eigenvalue weighted by Gasteiger charge is -2.18. The third-order valence-corrected chi connectivity index (χ3v) is 4.30. The Morgan fingerprint density at radius 2 is 2.00 bits per heavy atom. The summed E-state index contributed by atoms with van der Waals surface area (Å²) in [6.45, 7) is 2.02. The molecule has 1 heterocycles. The van der Waals surface area contributed by atoms with Gasteiger partial charge in [0.2, 0.25) is 0 Å². The normalized spacial score (nSPS) is 12.5. The molecule has 3 nitrogen and oxygen atoms in total. The molecular weight excluding hydrogens is 312 g/mol. The van der Waals surface area contributed by atoms with Gasteiger partial charge in [-0.05, 0) is 35.6 Å². The number of carbonyl (C=O) groups is 1. The highest BCUT2D eigenvalue weighted by Gasteiger charge is 2.22. The molecule has 24 heavy (non-hydrogen) atoms. The largest absolute Gasteiger partial charge is 0.550 e. The average molecular weight is 328 g/mol. The number of hydrogen-bond acceptors (Lipinski definition) is 2. The van der Waals surface area contributed by atoms with Crippen LogP contribution in [-0.2, 0) is 11.2 Å². The van der Waals surface area contributed by atoms with Crippen LogP contribution in [0.25, 0.3) is 10.9 Å². The van der Waals surface area contributed by atoms with Crippen LogP contribution in [0.3, 0.4) is 0 Å². The molecule has 1 N–H and O–H groups in total. The summed E-state index contributed by atoms with van der Waals surface area (Å²) < 4.78 is 27.4. The lowest BCUT2D eigenvalue weighted by Crippen LogP contribution is -2.25. The fourth-order valence-corrected chi connectivity index (χ4v) is 3.16. The quantitative estimate of drug-likeness (QED) is 0.781. The molecule has 124 valence electrons. The minimum absolute atomic E-state index is 0.142. The van der Waals surface area contributed by atoms with Crippen molar-refractivity contribution in [1.82, 2.24) is 4.98 Å². The molecular formula is C19H16F2NO2-. The van der Waals surface area contributed by atoms with Gasteiger partial charge in [-0.15, -0.1) is 0 Å². The van der Waals surface area contributed by atoms with Gasteiger partial charge in [-0.1, -0.05) is 31.2 Å². The van der Waals surface area contributed by atoms with Gasteiger partial charge in [0.25, 0.3) is 0 Å². The van der Waals surface area contributed by atoms with Crippen LogP contribution in [0.2, 0.25) is 0 Å². The van der Waals surface area contributed by atoms with Gasteiger partial charge in [-0.25, -0.2) is 8.78 Å². The van der Waals surface area contributed by atoms with Crippen molar-refractivity contribution in [2.45, 2.75) is 25.7 Å². The zero-order valence-electron chi connectivity index (χ0n) is 13.1. The van der Waals surface area contributed by atoms with Gasteiger partial charge in [0.1, 0.15) is 11.6 Å². The highest BCUT2D eigenvalue weighted by molar-refractivity contribution is 5.87. The fourth-order valence-electron chi connectivity index (χ4n) is 3.16. The van der Waals surface area contributed by atoms with E-state index < -0.39 is 23.5 Å². The number of H-pyrrole nitrogens is 1. The molecule has 5 heteroatoms. The Morgan fingerprint density at radius 3 is 2.67 bits per heavy atom. The van der Waals surface area contributed by atoms with Crippen molar-refractivity contribution in [2.24, 2.45) is 0 Å². The van der Waals surface area contributed by atoms with Crippen molar-refractivity contribution in [3.63, 3.8) is 0 Å². The molecule has 0 unspecified atom stereocenters. The number of carboxylic acids is 1. The number of nitrogens with one attached hydrogen (secondary N) is 1. The summed E-state index contributed by atoms with van der Waals surface area (Å²) in [5.74, 6) is -3.50. The second-order valence-electron chi connectivity index (χ2n) is 5.73.